The van der Waals surface area contributed by atoms with E-state index in [9.17, 15) is 18.0 Å². The molecule has 1 heterocycles. The largest absolute Gasteiger partial charge is 0.343 e. The van der Waals surface area contributed by atoms with Crippen LogP contribution in [0.15, 0.2) is 54.6 Å². The van der Waals surface area contributed by atoms with Gasteiger partial charge in [-0.2, -0.15) is 0 Å². The molecular formula is C19H20N2O4S. The molecule has 1 aliphatic rings. The lowest BCUT2D eigenvalue weighted by molar-refractivity contribution is -0.129. The van der Waals surface area contributed by atoms with E-state index >= 15 is 0 Å². The molecule has 0 spiro atoms. The van der Waals surface area contributed by atoms with Crippen LogP contribution in [-0.4, -0.2) is 56.3 Å². The molecule has 1 fully saturated rings. The highest BCUT2D eigenvalue weighted by molar-refractivity contribution is 7.91. The molecule has 0 unspecified atom stereocenters. The lowest BCUT2D eigenvalue weighted by atomic mass is 10.0. The lowest BCUT2D eigenvalue weighted by Gasteiger charge is -2.26. The average molecular weight is 372 g/mol. The van der Waals surface area contributed by atoms with Crippen LogP contribution in [-0.2, 0) is 14.6 Å². The topological polar surface area (TPSA) is 83.6 Å². The van der Waals surface area contributed by atoms with E-state index in [2.05, 4.69) is 5.32 Å². The van der Waals surface area contributed by atoms with Gasteiger partial charge in [0.2, 0.25) is 5.91 Å². The van der Waals surface area contributed by atoms with Crippen LogP contribution in [0.3, 0.4) is 0 Å². The summed E-state index contributed by atoms with van der Waals surface area (Å²) in [6.45, 7) is 0.227. The molecule has 0 bridgehead atoms. The molecule has 0 atom stereocenters. The zero-order valence-electron chi connectivity index (χ0n) is 14.2. The van der Waals surface area contributed by atoms with Gasteiger partial charge in [-0.05, 0) is 23.3 Å². The fraction of sp³-hybridized carbons (Fsp3) is 0.263. The quantitative estimate of drug-likeness (QED) is 0.878. The summed E-state index contributed by atoms with van der Waals surface area (Å²) in [6, 6.07) is 17.0. The monoisotopic (exact) mass is 372 g/mol. The van der Waals surface area contributed by atoms with Crippen LogP contribution in [0, 0.1) is 0 Å². The molecule has 0 aromatic heterocycles. The molecule has 2 amide bonds. The Balaban J connectivity index is 1.54. The van der Waals surface area contributed by atoms with Crippen LogP contribution in [0.1, 0.15) is 10.4 Å². The van der Waals surface area contributed by atoms with Gasteiger partial charge >= 0.3 is 0 Å². The third kappa shape index (κ3) is 4.49. The highest BCUT2D eigenvalue weighted by Crippen LogP contribution is 2.19. The Kier molecular flexibility index (Phi) is 5.37. The summed E-state index contributed by atoms with van der Waals surface area (Å²) >= 11 is 0. The van der Waals surface area contributed by atoms with Crippen molar-refractivity contribution in [1.29, 1.82) is 0 Å². The molecule has 0 saturated carbocycles. The maximum Gasteiger partial charge on any atom is 0.251 e. The first-order chi connectivity index (χ1) is 12.4. The molecule has 7 heteroatoms. The molecule has 0 aliphatic carbocycles. The molecule has 1 N–H and O–H groups in total. The molecule has 2 aromatic carbocycles. The Labute approximate surface area is 152 Å². The molecule has 6 nitrogen and oxygen atoms in total. The zero-order chi connectivity index (χ0) is 18.6. The predicted molar refractivity (Wildman–Crippen MR) is 99.4 cm³/mol. The number of rotatable bonds is 4. The zero-order valence-corrected chi connectivity index (χ0v) is 15.0. The van der Waals surface area contributed by atoms with Crippen molar-refractivity contribution in [3.05, 3.63) is 60.2 Å². The van der Waals surface area contributed by atoms with Gasteiger partial charge in [-0.15, -0.1) is 0 Å². The Hall–Kier alpha value is -2.67. The Morgan fingerprint density at radius 2 is 1.46 bits per heavy atom. The van der Waals surface area contributed by atoms with E-state index in [-0.39, 0.29) is 43.0 Å². The highest BCUT2D eigenvalue weighted by Gasteiger charge is 2.25. The normalized spacial score (nSPS) is 16.1. The fourth-order valence-electron chi connectivity index (χ4n) is 2.78. The lowest BCUT2D eigenvalue weighted by Crippen LogP contribution is -2.47. The van der Waals surface area contributed by atoms with Gasteiger partial charge in [0.25, 0.3) is 5.91 Å². The van der Waals surface area contributed by atoms with Crippen molar-refractivity contribution in [2.75, 3.05) is 31.1 Å². The molecule has 136 valence electrons. The second-order valence-electron chi connectivity index (χ2n) is 6.16. The number of nitrogens with one attached hydrogen (secondary N) is 1. The average Bonchev–Trinajstić information content (AvgIpc) is 2.66. The van der Waals surface area contributed by atoms with E-state index in [4.69, 9.17) is 0 Å². The molecular weight excluding hydrogens is 352 g/mol. The van der Waals surface area contributed by atoms with Gasteiger partial charge < -0.3 is 10.2 Å². The maximum atomic E-state index is 12.2. The summed E-state index contributed by atoms with van der Waals surface area (Å²) in [5.41, 5.74) is 2.54. The van der Waals surface area contributed by atoms with E-state index in [1.807, 2.05) is 42.5 Å². The number of hydrogen-bond acceptors (Lipinski definition) is 4. The number of sulfone groups is 1. The van der Waals surface area contributed by atoms with Crippen LogP contribution in [0.4, 0.5) is 0 Å². The molecule has 2 aromatic rings. The van der Waals surface area contributed by atoms with Gasteiger partial charge in [0.1, 0.15) is 0 Å². The maximum absolute atomic E-state index is 12.2. The third-order valence-corrected chi connectivity index (χ3v) is 5.96. The summed E-state index contributed by atoms with van der Waals surface area (Å²) in [7, 11) is -3.03. The number of hydrogen-bond donors (Lipinski definition) is 1. The van der Waals surface area contributed by atoms with Crippen LogP contribution < -0.4 is 5.32 Å². The van der Waals surface area contributed by atoms with Crippen LogP contribution in [0.2, 0.25) is 0 Å². The van der Waals surface area contributed by atoms with Gasteiger partial charge in [-0.3, -0.25) is 9.59 Å². The first kappa shape index (κ1) is 18.1. The Morgan fingerprint density at radius 1 is 0.885 bits per heavy atom. The van der Waals surface area contributed by atoms with Gasteiger partial charge in [-0.1, -0.05) is 42.5 Å². The minimum absolute atomic E-state index is 0.0202. The minimum atomic E-state index is -3.03. The fourth-order valence-corrected chi connectivity index (χ4v) is 3.98. The Bertz CT molecular complexity index is 879. The van der Waals surface area contributed by atoms with E-state index < -0.39 is 9.84 Å². The van der Waals surface area contributed by atoms with Crippen LogP contribution in [0.25, 0.3) is 11.1 Å². The van der Waals surface area contributed by atoms with E-state index in [0.717, 1.165) is 11.1 Å². The smallest absolute Gasteiger partial charge is 0.251 e. The van der Waals surface area contributed by atoms with E-state index in [1.54, 1.807) is 12.1 Å². The van der Waals surface area contributed by atoms with Gasteiger partial charge in [0, 0.05) is 18.7 Å². The molecule has 0 radical (unpaired) electrons. The number of carbonyl (C=O) groups excluding carboxylic acids is 2. The van der Waals surface area contributed by atoms with Gasteiger partial charge in [0.15, 0.2) is 9.84 Å². The van der Waals surface area contributed by atoms with Crippen molar-refractivity contribution < 1.29 is 18.0 Å². The molecule has 26 heavy (non-hydrogen) atoms. The summed E-state index contributed by atoms with van der Waals surface area (Å²) in [5.74, 6) is -0.641. The molecule has 1 aliphatic heterocycles. The number of nitrogens with zero attached hydrogens (tertiary/aromatic N) is 1. The number of carbonyl (C=O) groups is 2. The van der Waals surface area contributed by atoms with Crippen LogP contribution in [0.5, 0.6) is 0 Å². The van der Waals surface area contributed by atoms with Gasteiger partial charge in [-0.25, -0.2) is 8.42 Å². The second-order valence-corrected chi connectivity index (χ2v) is 8.46. The molecule has 1 saturated heterocycles. The van der Waals surface area contributed by atoms with E-state index in [0.29, 0.717) is 5.56 Å². The standard InChI is InChI=1S/C19H20N2O4S/c22-18(21-10-12-26(24,25)13-11-21)14-20-19(23)17-8-6-16(7-9-17)15-4-2-1-3-5-15/h1-9H,10-14H2,(H,20,23). The van der Waals surface area contributed by atoms with Crippen molar-refractivity contribution in [2.45, 2.75) is 0 Å². The van der Waals surface area contributed by atoms with E-state index in [1.165, 1.54) is 4.90 Å². The highest BCUT2D eigenvalue weighted by atomic mass is 32.2. The predicted octanol–water partition coefficient (Wildman–Crippen LogP) is 1.34. The van der Waals surface area contributed by atoms with Gasteiger partial charge in [0.05, 0.1) is 18.1 Å². The van der Waals surface area contributed by atoms with Crippen molar-refractivity contribution in [2.24, 2.45) is 0 Å². The summed E-state index contributed by atoms with van der Waals surface area (Å²) in [4.78, 5) is 25.8. The molecule has 3 rings (SSSR count). The number of benzene rings is 2. The SMILES string of the molecule is O=C(NCC(=O)N1CCS(=O)(=O)CC1)c1ccc(-c2ccccc2)cc1. The minimum Gasteiger partial charge on any atom is -0.343 e. The summed E-state index contributed by atoms with van der Waals surface area (Å²) < 4.78 is 22.8. The summed E-state index contributed by atoms with van der Waals surface area (Å²) in [5, 5.41) is 2.60. The van der Waals surface area contributed by atoms with Crippen molar-refractivity contribution in [1.82, 2.24) is 10.2 Å². The van der Waals surface area contributed by atoms with Crippen molar-refractivity contribution in [3.8, 4) is 11.1 Å². The number of amides is 2. The van der Waals surface area contributed by atoms with Crippen molar-refractivity contribution >= 4 is 21.7 Å². The van der Waals surface area contributed by atoms with Crippen LogP contribution >= 0.6 is 0 Å². The third-order valence-electron chi connectivity index (χ3n) is 4.35. The Morgan fingerprint density at radius 3 is 2.08 bits per heavy atom. The van der Waals surface area contributed by atoms with Crippen molar-refractivity contribution in [3.63, 3.8) is 0 Å². The first-order valence-electron chi connectivity index (χ1n) is 8.36. The summed E-state index contributed by atoms with van der Waals surface area (Å²) in [6.07, 6.45) is 0. The second kappa shape index (κ2) is 7.70. The first-order valence-corrected chi connectivity index (χ1v) is 10.2.